The van der Waals surface area contributed by atoms with Crippen LogP contribution in [0.2, 0.25) is 0 Å². The van der Waals surface area contributed by atoms with Gasteiger partial charge in [-0.3, -0.25) is 19.6 Å². The van der Waals surface area contributed by atoms with Crippen molar-refractivity contribution < 1.29 is 43.8 Å². The average Bonchev–Trinajstić information content (AvgIpc) is 2.98. The molecule has 0 saturated heterocycles. The third-order valence-corrected chi connectivity index (χ3v) is 3.23. The molecule has 1 aromatic heterocycles. The molecule has 110 valence electrons. The van der Waals surface area contributed by atoms with Gasteiger partial charge in [0.05, 0.1) is 26.5 Å². The number of nitrogens with one attached hydrogen (secondary N) is 2. The monoisotopic (exact) mass is 403 g/mol. The fourth-order valence-electron chi connectivity index (χ4n) is 2.23. The summed E-state index contributed by atoms with van der Waals surface area (Å²) in [7, 11) is 4.28. The third kappa shape index (κ3) is 3.60. The summed E-state index contributed by atoms with van der Waals surface area (Å²) >= 11 is 0. The van der Waals surface area contributed by atoms with E-state index in [2.05, 4.69) is 66.9 Å². The average molecular weight is 405 g/mol. The minimum Gasteiger partial charge on any atom is -1.00 e. The van der Waals surface area contributed by atoms with Gasteiger partial charge in [-0.05, 0) is 12.1 Å². The molecule has 3 heterocycles. The summed E-state index contributed by atoms with van der Waals surface area (Å²) in [5.74, 6) is 2.03. The van der Waals surface area contributed by atoms with E-state index in [0.29, 0.717) is 0 Å². The van der Waals surface area contributed by atoms with Crippen LogP contribution in [0.25, 0.3) is 0 Å². The summed E-state index contributed by atoms with van der Waals surface area (Å²) in [6.07, 6.45) is 8.47. The molecular weight excluding hydrogens is 386 g/mol. The quantitative estimate of drug-likeness (QED) is 0.513. The summed E-state index contributed by atoms with van der Waals surface area (Å²) in [6.45, 7) is 1.88. The molecule has 7 heteroatoms. The first kappa shape index (κ1) is 17.2. The van der Waals surface area contributed by atoms with Gasteiger partial charge in [-0.2, -0.15) is 0 Å². The Hall–Kier alpha value is -0.890. The Morgan fingerprint density at radius 2 is 1.35 bits per heavy atom. The highest BCUT2D eigenvalue weighted by Crippen LogP contribution is 2.18. The summed E-state index contributed by atoms with van der Waals surface area (Å²) in [6, 6.07) is 6.19. The first-order valence-electron chi connectivity index (χ1n) is 6.24. The Bertz CT molecular complexity index is 464. The largest absolute Gasteiger partial charge is 1.00 e. The Morgan fingerprint density at radius 3 is 1.70 bits per heavy atom. The number of anilines is 2. The molecule has 0 radical (unpaired) electrons. The first-order chi connectivity index (χ1) is 8.72. The molecule has 0 aliphatic carbocycles. The molecule has 20 heavy (non-hydrogen) atoms. The molecule has 0 fully saturated rings. The Morgan fingerprint density at radius 1 is 0.900 bits per heavy atom. The van der Waals surface area contributed by atoms with E-state index in [1.165, 1.54) is 9.80 Å². The van der Waals surface area contributed by atoms with Crippen molar-refractivity contribution in [3.8, 4) is 0 Å². The molecule has 3 rings (SSSR count). The Balaban J connectivity index is 0.000001000. The normalized spacial score (nSPS) is 23.7. The molecule has 0 spiro atoms. The van der Waals surface area contributed by atoms with Gasteiger partial charge in [0.1, 0.15) is 24.0 Å². The number of nitrogens with zero attached hydrogens (tertiary/aromatic N) is 3. The van der Waals surface area contributed by atoms with Crippen molar-refractivity contribution in [1.82, 2.24) is 4.98 Å². The van der Waals surface area contributed by atoms with Crippen LogP contribution in [0, 0.1) is 0 Å². The fraction of sp³-hybridized carbons (Fsp3) is 0.308. The van der Waals surface area contributed by atoms with Crippen molar-refractivity contribution in [2.45, 2.75) is 0 Å². The van der Waals surface area contributed by atoms with Gasteiger partial charge in [-0.1, -0.05) is 6.07 Å². The van der Waals surface area contributed by atoms with Gasteiger partial charge in [-0.15, -0.1) is 0 Å². The van der Waals surface area contributed by atoms with Gasteiger partial charge in [0.15, 0.2) is 13.3 Å². The molecule has 0 aromatic carbocycles. The highest BCUT2D eigenvalue weighted by Gasteiger charge is 2.19. The lowest BCUT2D eigenvalue weighted by Crippen LogP contribution is -3.04. The standard InChI is InChI=1S/C13H17N5.2BrH/c1-15-6-8-17(10-15)12-4-3-5-13(14-12)18-9-7-16(2)11-18;;/h3-9H,10-11H2,1-2H3;2*1H. The SMILES string of the molecule is C[NH+]1C=CN(c2cccc(N3C=C[NH+](C)C3)n2)C1.[Br-].[Br-]. The van der Waals surface area contributed by atoms with Gasteiger partial charge in [-0.25, -0.2) is 4.98 Å². The lowest BCUT2D eigenvalue weighted by Gasteiger charge is -2.18. The minimum atomic E-state index is 0. The number of rotatable bonds is 2. The predicted octanol–water partition coefficient (Wildman–Crippen LogP) is -7.38. The summed E-state index contributed by atoms with van der Waals surface area (Å²) in [5.41, 5.74) is 0. The van der Waals surface area contributed by atoms with Crippen LogP contribution in [0.3, 0.4) is 0 Å². The predicted molar refractivity (Wildman–Crippen MR) is 71.0 cm³/mol. The van der Waals surface area contributed by atoms with E-state index in [4.69, 9.17) is 4.98 Å². The molecule has 1 aromatic rings. The van der Waals surface area contributed by atoms with Crippen molar-refractivity contribution in [1.29, 1.82) is 0 Å². The van der Waals surface area contributed by atoms with Crippen molar-refractivity contribution in [2.24, 2.45) is 0 Å². The molecular formula is C13H19Br2N5. The number of pyridine rings is 1. The third-order valence-electron chi connectivity index (χ3n) is 3.23. The minimum absolute atomic E-state index is 0. The van der Waals surface area contributed by atoms with Crippen LogP contribution >= 0.6 is 0 Å². The highest BCUT2D eigenvalue weighted by molar-refractivity contribution is 5.51. The first-order valence-corrected chi connectivity index (χ1v) is 6.24. The molecule has 5 nitrogen and oxygen atoms in total. The molecule has 2 unspecified atom stereocenters. The van der Waals surface area contributed by atoms with Gasteiger partial charge >= 0.3 is 0 Å². The zero-order chi connectivity index (χ0) is 12.5. The second-order valence-corrected chi connectivity index (χ2v) is 4.93. The Kier molecular flexibility index (Phi) is 6.19. The topological polar surface area (TPSA) is 28.3 Å². The summed E-state index contributed by atoms with van der Waals surface area (Å²) < 4.78 is 0. The van der Waals surface area contributed by atoms with Crippen molar-refractivity contribution in [2.75, 3.05) is 37.2 Å². The van der Waals surface area contributed by atoms with Gasteiger partial charge in [0, 0.05) is 0 Å². The number of hydrogen-bond acceptors (Lipinski definition) is 3. The Labute approximate surface area is 140 Å². The fourth-order valence-corrected chi connectivity index (χ4v) is 2.23. The maximum absolute atomic E-state index is 4.73. The van der Waals surface area contributed by atoms with Crippen molar-refractivity contribution in [3.05, 3.63) is 43.0 Å². The number of quaternary nitrogens is 2. The van der Waals surface area contributed by atoms with Crippen LogP contribution in [0.5, 0.6) is 0 Å². The van der Waals surface area contributed by atoms with E-state index in [-0.39, 0.29) is 34.0 Å². The van der Waals surface area contributed by atoms with Crippen molar-refractivity contribution in [3.63, 3.8) is 0 Å². The molecule has 2 aliphatic rings. The maximum atomic E-state index is 4.73. The zero-order valence-electron chi connectivity index (χ0n) is 11.6. The second-order valence-electron chi connectivity index (χ2n) is 4.93. The van der Waals surface area contributed by atoms with E-state index in [9.17, 15) is 0 Å². The molecule has 0 bridgehead atoms. The van der Waals surface area contributed by atoms with Gasteiger partial charge in [0.2, 0.25) is 0 Å². The maximum Gasteiger partial charge on any atom is 0.162 e. The molecule has 2 N–H and O–H groups in total. The summed E-state index contributed by atoms with van der Waals surface area (Å²) in [4.78, 5) is 11.8. The van der Waals surface area contributed by atoms with E-state index >= 15 is 0 Å². The van der Waals surface area contributed by atoms with Crippen LogP contribution in [0.1, 0.15) is 0 Å². The molecule has 0 amide bonds. The van der Waals surface area contributed by atoms with Crippen molar-refractivity contribution >= 4 is 11.6 Å². The summed E-state index contributed by atoms with van der Waals surface area (Å²) in [5, 5.41) is 0. The lowest BCUT2D eigenvalue weighted by atomic mass is 10.4. The van der Waals surface area contributed by atoms with Crippen LogP contribution in [0.15, 0.2) is 43.0 Å². The number of halogens is 2. The van der Waals surface area contributed by atoms with E-state index in [1.807, 2.05) is 0 Å². The highest BCUT2D eigenvalue weighted by atomic mass is 79.9. The lowest BCUT2D eigenvalue weighted by molar-refractivity contribution is -0.817. The molecule has 2 atom stereocenters. The number of hydrogen-bond donors (Lipinski definition) is 2. The van der Waals surface area contributed by atoms with Crippen LogP contribution in [-0.4, -0.2) is 32.4 Å². The van der Waals surface area contributed by atoms with Crippen LogP contribution in [0.4, 0.5) is 11.6 Å². The molecule has 0 saturated carbocycles. The van der Waals surface area contributed by atoms with E-state index in [0.717, 1.165) is 25.0 Å². The smallest absolute Gasteiger partial charge is 0.162 e. The van der Waals surface area contributed by atoms with Crippen LogP contribution < -0.4 is 53.6 Å². The molecule has 2 aliphatic heterocycles. The van der Waals surface area contributed by atoms with Gasteiger partial charge < -0.3 is 34.0 Å². The van der Waals surface area contributed by atoms with E-state index < -0.39 is 0 Å². The van der Waals surface area contributed by atoms with Gasteiger partial charge in [0.25, 0.3) is 0 Å². The zero-order valence-corrected chi connectivity index (χ0v) is 14.7. The van der Waals surface area contributed by atoms with Crippen LogP contribution in [-0.2, 0) is 0 Å². The van der Waals surface area contributed by atoms with E-state index in [1.54, 1.807) is 0 Å². The number of aromatic nitrogens is 1. The second kappa shape index (κ2) is 7.21.